The van der Waals surface area contributed by atoms with E-state index in [1.54, 1.807) is 42.5 Å². The van der Waals surface area contributed by atoms with Crippen LogP contribution in [0.15, 0.2) is 77.8 Å². The summed E-state index contributed by atoms with van der Waals surface area (Å²) in [4.78, 5) is 16.0. The second-order valence-electron chi connectivity index (χ2n) is 5.64. The van der Waals surface area contributed by atoms with Crippen LogP contribution in [0.25, 0.3) is 0 Å². The van der Waals surface area contributed by atoms with Gasteiger partial charge in [-0.2, -0.15) is 0 Å². The molecule has 0 aliphatic carbocycles. The Morgan fingerprint density at radius 2 is 1.82 bits per heavy atom. The molecule has 0 saturated carbocycles. The molecule has 3 rings (SSSR count). The smallest absolute Gasteiger partial charge is 0.263 e. The second kappa shape index (κ2) is 8.73. The Bertz CT molecular complexity index is 1060. The van der Waals surface area contributed by atoms with Crippen molar-refractivity contribution in [1.82, 2.24) is 4.98 Å². The van der Waals surface area contributed by atoms with Gasteiger partial charge in [-0.15, -0.1) is 0 Å². The van der Waals surface area contributed by atoms with E-state index in [9.17, 15) is 13.2 Å². The van der Waals surface area contributed by atoms with E-state index >= 15 is 0 Å². The van der Waals surface area contributed by atoms with Crippen LogP contribution in [0.3, 0.4) is 0 Å². The fraction of sp³-hybridized carbons (Fsp3) is 0.0526. The highest BCUT2D eigenvalue weighted by Crippen LogP contribution is 2.18. The van der Waals surface area contributed by atoms with Crippen LogP contribution in [0.1, 0.15) is 0 Å². The SMILES string of the molecule is O=C(COc1cccc(Cl)c1)Nc1ccc(S(=O)(=O)Nc2ccccn2)cc1. The van der Waals surface area contributed by atoms with Crippen LogP contribution >= 0.6 is 11.6 Å². The molecular formula is C19H16ClN3O4S. The molecule has 0 unspecified atom stereocenters. The molecule has 7 nitrogen and oxygen atoms in total. The maximum absolute atomic E-state index is 12.4. The summed E-state index contributed by atoms with van der Waals surface area (Å²) in [6.07, 6.45) is 1.49. The molecule has 2 N–H and O–H groups in total. The van der Waals surface area contributed by atoms with Crippen LogP contribution in [0.5, 0.6) is 5.75 Å². The van der Waals surface area contributed by atoms with E-state index in [4.69, 9.17) is 16.3 Å². The van der Waals surface area contributed by atoms with Crippen molar-refractivity contribution in [1.29, 1.82) is 0 Å². The molecule has 1 heterocycles. The zero-order chi connectivity index (χ0) is 20.0. The highest BCUT2D eigenvalue weighted by molar-refractivity contribution is 7.92. The monoisotopic (exact) mass is 417 g/mol. The number of rotatable bonds is 7. The number of hydrogen-bond acceptors (Lipinski definition) is 5. The number of anilines is 2. The molecule has 0 radical (unpaired) electrons. The molecule has 0 atom stereocenters. The fourth-order valence-corrected chi connectivity index (χ4v) is 3.43. The van der Waals surface area contributed by atoms with Gasteiger partial charge in [-0.05, 0) is 54.6 Å². The number of carbonyl (C=O) groups is 1. The first-order valence-corrected chi connectivity index (χ1v) is 10.0. The number of amides is 1. The van der Waals surface area contributed by atoms with Gasteiger partial charge in [-0.3, -0.25) is 9.52 Å². The van der Waals surface area contributed by atoms with Crippen LogP contribution in [0, 0.1) is 0 Å². The minimum absolute atomic E-state index is 0.0475. The van der Waals surface area contributed by atoms with Gasteiger partial charge >= 0.3 is 0 Å². The summed E-state index contributed by atoms with van der Waals surface area (Å²) < 4.78 is 32.4. The van der Waals surface area contributed by atoms with Gasteiger partial charge in [0.15, 0.2) is 6.61 Å². The van der Waals surface area contributed by atoms with Crippen molar-refractivity contribution >= 4 is 39.0 Å². The summed E-state index contributed by atoms with van der Waals surface area (Å²) >= 11 is 5.85. The number of hydrogen-bond donors (Lipinski definition) is 2. The van der Waals surface area contributed by atoms with Crippen LogP contribution in [0.4, 0.5) is 11.5 Å². The largest absolute Gasteiger partial charge is 0.484 e. The van der Waals surface area contributed by atoms with Crippen LogP contribution in [-0.2, 0) is 14.8 Å². The Labute approximate surface area is 167 Å². The molecule has 1 aromatic heterocycles. The number of aromatic nitrogens is 1. The molecule has 0 bridgehead atoms. The van der Waals surface area contributed by atoms with Crippen LogP contribution in [-0.4, -0.2) is 25.9 Å². The van der Waals surface area contributed by atoms with E-state index in [2.05, 4.69) is 15.0 Å². The van der Waals surface area contributed by atoms with E-state index in [1.165, 1.54) is 30.5 Å². The molecule has 9 heteroatoms. The molecule has 0 spiro atoms. The Hall–Kier alpha value is -3.10. The number of ether oxygens (including phenoxy) is 1. The van der Waals surface area contributed by atoms with Crippen molar-refractivity contribution in [2.24, 2.45) is 0 Å². The van der Waals surface area contributed by atoms with E-state index < -0.39 is 10.0 Å². The summed E-state index contributed by atoms with van der Waals surface area (Å²) in [7, 11) is -3.77. The molecule has 28 heavy (non-hydrogen) atoms. The maximum atomic E-state index is 12.4. The predicted octanol–water partition coefficient (Wildman–Crippen LogP) is 3.55. The van der Waals surface area contributed by atoms with Crippen LogP contribution in [0.2, 0.25) is 5.02 Å². The third-order valence-electron chi connectivity index (χ3n) is 3.52. The quantitative estimate of drug-likeness (QED) is 0.612. The lowest BCUT2D eigenvalue weighted by Gasteiger charge is -2.10. The first-order chi connectivity index (χ1) is 13.4. The van der Waals surface area contributed by atoms with E-state index in [0.717, 1.165) is 0 Å². The van der Waals surface area contributed by atoms with Gasteiger partial charge in [-0.25, -0.2) is 13.4 Å². The summed E-state index contributed by atoms with van der Waals surface area (Å²) in [5.74, 6) is 0.310. The molecular weight excluding hydrogens is 402 g/mol. The third-order valence-corrected chi connectivity index (χ3v) is 5.12. The molecule has 0 aliphatic heterocycles. The Kier molecular flexibility index (Phi) is 6.13. The zero-order valence-electron chi connectivity index (χ0n) is 14.5. The Morgan fingerprint density at radius 1 is 1.04 bits per heavy atom. The van der Waals surface area contributed by atoms with Gasteiger partial charge in [0.2, 0.25) is 0 Å². The Morgan fingerprint density at radius 3 is 2.50 bits per heavy atom. The van der Waals surface area contributed by atoms with Gasteiger partial charge < -0.3 is 10.1 Å². The first-order valence-electron chi connectivity index (χ1n) is 8.14. The molecule has 1 amide bonds. The average molecular weight is 418 g/mol. The number of nitrogens with one attached hydrogen (secondary N) is 2. The van der Waals surface area contributed by atoms with Gasteiger partial charge in [0.05, 0.1) is 4.90 Å². The van der Waals surface area contributed by atoms with Crippen molar-refractivity contribution in [2.75, 3.05) is 16.6 Å². The number of carbonyl (C=O) groups excluding carboxylic acids is 1. The fourth-order valence-electron chi connectivity index (χ4n) is 2.24. The van der Waals surface area contributed by atoms with Gasteiger partial charge in [0.1, 0.15) is 11.6 Å². The summed E-state index contributed by atoms with van der Waals surface area (Å²) in [5, 5.41) is 3.14. The van der Waals surface area contributed by atoms with Crippen molar-refractivity contribution < 1.29 is 17.9 Å². The van der Waals surface area contributed by atoms with E-state index in [0.29, 0.717) is 16.5 Å². The number of halogens is 1. The molecule has 3 aromatic rings. The van der Waals surface area contributed by atoms with Gasteiger partial charge in [0.25, 0.3) is 15.9 Å². The van der Waals surface area contributed by atoms with Crippen molar-refractivity contribution in [2.45, 2.75) is 4.90 Å². The lowest BCUT2D eigenvalue weighted by Crippen LogP contribution is -2.20. The second-order valence-corrected chi connectivity index (χ2v) is 7.76. The lowest BCUT2D eigenvalue weighted by molar-refractivity contribution is -0.118. The minimum Gasteiger partial charge on any atom is -0.484 e. The highest BCUT2D eigenvalue weighted by atomic mass is 35.5. The average Bonchev–Trinajstić information content (AvgIpc) is 2.67. The summed E-state index contributed by atoms with van der Waals surface area (Å²) in [5.41, 5.74) is 0.441. The van der Waals surface area contributed by atoms with Gasteiger partial charge in [0, 0.05) is 16.9 Å². The molecule has 2 aromatic carbocycles. The molecule has 0 saturated heterocycles. The minimum atomic E-state index is -3.77. The van der Waals surface area contributed by atoms with Crippen molar-refractivity contribution in [3.63, 3.8) is 0 Å². The van der Waals surface area contributed by atoms with Crippen molar-refractivity contribution in [3.05, 3.63) is 77.9 Å². The third kappa shape index (κ3) is 5.45. The summed E-state index contributed by atoms with van der Waals surface area (Å²) in [6, 6.07) is 17.4. The Balaban J connectivity index is 1.58. The zero-order valence-corrected chi connectivity index (χ0v) is 16.1. The van der Waals surface area contributed by atoms with Crippen LogP contribution < -0.4 is 14.8 Å². The molecule has 144 valence electrons. The number of benzene rings is 2. The standard InChI is InChI=1S/C19H16ClN3O4S/c20-14-4-3-5-16(12-14)27-13-19(24)22-15-7-9-17(10-8-15)28(25,26)23-18-6-1-2-11-21-18/h1-12H,13H2,(H,21,23)(H,22,24). The number of sulfonamides is 1. The lowest BCUT2D eigenvalue weighted by atomic mass is 10.3. The number of nitrogens with zero attached hydrogens (tertiary/aromatic N) is 1. The van der Waals surface area contributed by atoms with Gasteiger partial charge in [-0.1, -0.05) is 23.7 Å². The van der Waals surface area contributed by atoms with Crippen molar-refractivity contribution in [3.8, 4) is 5.75 Å². The van der Waals surface area contributed by atoms with E-state index in [-0.39, 0.29) is 23.2 Å². The maximum Gasteiger partial charge on any atom is 0.263 e. The first kappa shape index (κ1) is 19.7. The number of pyridine rings is 1. The normalized spacial score (nSPS) is 10.9. The highest BCUT2D eigenvalue weighted by Gasteiger charge is 2.15. The molecule has 0 fully saturated rings. The summed E-state index contributed by atoms with van der Waals surface area (Å²) in [6.45, 7) is -0.207. The molecule has 0 aliphatic rings. The topological polar surface area (TPSA) is 97.4 Å². The van der Waals surface area contributed by atoms with E-state index in [1.807, 2.05) is 0 Å². The predicted molar refractivity (Wildman–Crippen MR) is 107 cm³/mol.